The van der Waals surface area contributed by atoms with E-state index in [1.807, 2.05) is 0 Å². The van der Waals surface area contributed by atoms with E-state index in [0.29, 0.717) is 0 Å². The van der Waals surface area contributed by atoms with Crippen LogP contribution in [0, 0.1) is 25.7 Å². The van der Waals surface area contributed by atoms with Crippen LogP contribution in [0.25, 0.3) is 0 Å². The van der Waals surface area contributed by atoms with Crippen LogP contribution in [-0.4, -0.2) is 0 Å². The van der Waals surface area contributed by atoms with Gasteiger partial charge in [-0.15, -0.1) is 0 Å². The van der Waals surface area contributed by atoms with Crippen molar-refractivity contribution >= 4 is 0 Å². The van der Waals surface area contributed by atoms with E-state index in [4.69, 9.17) is 0 Å². The maximum atomic E-state index is 3.91. The predicted octanol–water partition coefficient (Wildman–Crippen LogP) is 8.33. The minimum atomic E-state index is 0.855. The van der Waals surface area contributed by atoms with Crippen LogP contribution < -0.4 is 0 Å². The van der Waals surface area contributed by atoms with Gasteiger partial charge in [-0.3, -0.25) is 0 Å². The fourth-order valence-corrected chi connectivity index (χ4v) is 3.30. The van der Waals surface area contributed by atoms with Crippen LogP contribution in [0.15, 0.2) is 12.2 Å². The van der Waals surface area contributed by atoms with Crippen LogP contribution in [0.1, 0.15) is 110 Å². The summed E-state index contributed by atoms with van der Waals surface area (Å²) in [6.45, 7) is 12.6. The molecule has 0 aromatic heterocycles. The monoisotopic (exact) mass is 320 g/mol. The fourth-order valence-electron chi connectivity index (χ4n) is 3.30. The Bertz CT molecular complexity index is 238. The van der Waals surface area contributed by atoms with Crippen LogP contribution in [0.3, 0.4) is 0 Å². The zero-order valence-electron chi connectivity index (χ0n) is 16.3. The van der Waals surface area contributed by atoms with Crippen molar-refractivity contribution in [2.45, 2.75) is 110 Å². The van der Waals surface area contributed by atoms with Gasteiger partial charge in [-0.2, -0.15) is 0 Å². The van der Waals surface area contributed by atoms with Gasteiger partial charge in [0, 0.05) is 0 Å². The molecule has 0 amide bonds. The van der Waals surface area contributed by atoms with E-state index in [1.165, 1.54) is 77.0 Å². The second-order valence-corrected chi connectivity index (χ2v) is 7.52. The average molecular weight is 321 g/mol. The highest BCUT2D eigenvalue weighted by Crippen LogP contribution is 2.25. The summed E-state index contributed by atoms with van der Waals surface area (Å²) < 4.78 is 0. The molecule has 0 aliphatic carbocycles. The molecule has 0 rings (SSSR count). The molecule has 0 bridgehead atoms. The molecule has 0 spiro atoms. The van der Waals surface area contributed by atoms with Crippen LogP contribution >= 0.6 is 0 Å². The Labute approximate surface area is 148 Å². The predicted molar refractivity (Wildman–Crippen MR) is 107 cm³/mol. The van der Waals surface area contributed by atoms with Gasteiger partial charge in [-0.25, -0.2) is 0 Å². The summed E-state index contributed by atoms with van der Waals surface area (Å²) in [5.41, 5.74) is 0. The van der Waals surface area contributed by atoms with Gasteiger partial charge in [0.15, 0.2) is 0 Å². The molecular formula is C23H44. The van der Waals surface area contributed by atoms with Crippen molar-refractivity contribution < 1.29 is 0 Å². The van der Waals surface area contributed by atoms with Crippen molar-refractivity contribution in [3.63, 3.8) is 0 Å². The largest absolute Gasteiger partial charge is 0.0885 e. The van der Waals surface area contributed by atoms with E-state index in [1.54, 1.807) is 0 Å². The van der Waals surface area contributed by atoms with Gasteiger partial charge in [-0.1, -0.05) is 110 Å². The summed E-state index contributed by atoms with van der Waals surface area (Å²) in [5.74, 6) is 1.80. The normalized spacial score (nSPS) is 13.3. The lowest BCUT2D eigenvalue weighted by Gasteiger charge is -2.20. The molecule has 0 saturated heterocycles. The molecule has 0 heteroatoms. The molecule has 0 N–H and O–H groups in total. The maximum Gasteiger partial charge on any atom is -0.0351 e. The van der Waals surface area contributed by atoms with Gasteiger partial charge in [0.2, 0.25) is 0 Å². The molecular weight excluding hydrogens is 276 g/mol. The van der Waals surface area contributed by atoms with Crippen LogP contribution in [0.4, 0.5) is 0 Å². The second kappa shape index (κ2) is 18.1. The quantitative estimate of drug-likeness (QED) is 0.186. The first-order valence-electron chi connectivity index (χ1n) is 10.5. The van der Waals surface area contributed by atoms with Crippen molar-refractivity contribution in [3.05, 3.63) is 26.0 Å². The van der Waals surface area contributed by atoms with Gasteiger partial charge in [0.05, 0.1) is 0 Å². The number of hydrogen-bond donors (Lipinski definition) is 0. The Morgan fingerprint density at radius 2 is 1.13 bits per heavy atom. The standard InChI is InChI=1S/C23H44/c1-5-7-9-11-13-15-17-19-21-23(22(3)4)20-18-16-14-12-10-8-6-2/h10,12,22-23H,1-2,5-9,11,13-21H2,3-4H3/b12-10+. The van der Waals surface area contributed by atoms with Gasteiger partial charge < -0.3 is 0 Å². The third-order valence-electron chi connectivity index (χ3n) is 5.00. The molecule has 1 atom stereocenters. The smallest absolute Gasteiger partial charge is 0.0351 e. The molecule has 0 fully saturated rings. The lowest BCUT2D eigenvalue weighted by Crippen LogP contribution is -2.08. The average Bonchev–Trinajstić information content (AvgIpc) is 2.54. The van der Waals surface area contributed by atoms with Crippen molar-refractivity contribution in [2.75, 3.05) is 0 Å². The SMILES string of the molecule is [CH2]CC/C=C/CCCCC(CCCCCCCCC[CH2])C(C)C. The second-order valence-electron chi connectivity index (χ2n) is 7.52. The van der Waals surface area contributed by atoms with Gasteiger partial charge in [0.1, 0.15) is 0 Å². The van der Waals surface area contributed by atoms with E-state index in [9.17, 15) is 0 Å². The first-order valence-corrected chi connectivity index (χ1v) is 10.5. The third-order valence-corrected chi connectivity index (χ3v) is 5.00. The molecule has 0 aromatic rings. The molecule has 0 aliphatic heterocycles. The number of allylic oxidation sites excluding steroid dienone is 2. The maximum absolute atomic E-state index is 3.91. The summed E-state index contributed by atoms with van der Waals surface area (Å²) in [4.78, 5) is 0. The zero-order valence-corrected chi connectivity index (χ0v) is 16.3. The van der Waals surface area contributed by atoms with Crippen LogP contribution in [0.5, 0.6) is 0 Å². The summed E-state index contributed by atoms with van der Waals surface area (Å²) in [6.07, 6.45) is 24.8. The van der Waals surface area contributed by atoms with Gasteiger partial charge in [0.25, 0.3) is 0 Å². The molecule has 2 radical (unpaired) electrons. The lowest BCUT2D eigenvalue weighted by molar-refractivity contribution is 0.314. The van der Waals surface area contributed by atoms with E-state index in [-0.39, 0.29) is 0 Å². The van der Waals surface area contributed by atoms with Crippen molar-refractivity contribution in [3.8, 4) is 0 Å². The summed E-state index contributed by atoms with van der Waals surface area (Å²) in [5, 5.41) is 0. The Morgan fingerprint density at radius 3 is 1.70 bits per heavy atom. The van der Waals surface area contributed by atoms with E-state index >= 15 is 0 Å². The molecule has 1 unspecified atom stereocenters. The number of unbranched alkanes of at least 4 members (excludes halogenated alkanes) is 10. The fraction of sp³-hybridized carbons (Fsp3) is 0.826. The topological polar surface area (TPSA) is 0 Å². The lowest BCUT2D eigenvalue weighted by atomic mass is 9.86. The Balaban J connectivity index is 3.55. The molecule has 0 heterocycles. The molecule has 0 aromatic carbocycles. The molecule has 136 valence electrons. The van der Waals surface area contributed by atoms with E-state index in [0.717, 1.165) is 31.1 Å². The number of rotatable bonds is 17. The minimum absolute atomic E-state index is 0.855. The molecule has 0 saturated carbocycles. The van der Waals surface area contributed by atoms with Crippen LogP contribution in [-0.2, 0) is 0 Å². The van der Waals surface area contributed by atoms with Gasteiger partial charge >= 0.3 is 0 Å². The highest BCUT2D eigenvalue weighted by Gasteiger charge is 2.12. The highest BCUT2D eigenvalue weighted by molar-refractivity contribution is 4.81. The molecule has 0 aliphatic rings. The van der Waals surface area contributed by atoms with Crippen LogP contribution in [0.2, 0.25) is 0 Å². The summed E-state index contributed by atoms with van der Waals surface area (Å²) >= 11 is 0. The summed E-state index contributed by atoms with van der Waals surface area (Å²) in [6, 6.07) is 0. The van der Waals surface area contributed by atoms with E-state index < -0.39 is 0 Å². The summed E-state index contributed by atoms with van der Waals surface area (Å²) in [7, 11) is 0. The Morgan fingerprint density at radius 1 is 0.609 bits per heavy atom. The third kappa shape index (κ3) is 16.4. The van der Waals surface area contributed by atoms with Crippen molar-refractivity contribution in [1.82, 2.24) is 0 Å². The van der Waals surface area contributed by atoms with Crippen molar-refractivity contribution in [1.29, 1.82) is 0 Å². The van der Waals surface area contributed by atoms with Gasteiger partial charge in [-0.05, 0) is 37.5 Å². The highest BCUT2D eigenvalue weighted by atomic mass is 14.2. The Hall–Kier alpha value is -0.260. The minimum Gasteiger partial charge on any atom is -0.0885 e. The van der Waals surface area contributed by atoms with E-state index in [2.05, 4.69) is 39.8 Å². The molecule has 23 heavy (non-hydrogen) atoms. The Kier molecular flexibility index (Phi) is 17.9. The molecule has 0 nitrogen and oxygen atoms in total. The first kappa shape index (κ1) is 22.7. The number of hydrogen-bond acceptors (Lipinski definition) is 0. The zero-order chi connectivity index (χ0) is 17.2. The first-order chi connectivity index (χ1) is 11.2. The van der Waals surface area contributed by atoms with Crippen molar-refractivity contribution in [2.24, 2.45) is 11.8 Å².